The Morgan fingerprint density at radius 3 is 2.12 bits per heavy atom. The third-order valence-electron chi connectivity index (χ3n) is 5.10. The van der Waals surface area contributed by atoms with Gasteiger partial charge in [-0.2, -0.15) is 0 Å². The van der Waals surface area contributed by atoms with Crippen molar-refractivity contribution in [2.75, 3.05) is 17.4 Å². The summed E-state index contributed by atoms with van der Waals surface area (Å²) >= 11 is 0. The highest BCUT2D eigenvalue weighted by molar-refractivity contribution is 7.92. The van der Waals surface area contributed by atoms with E-state index >= 15 is 0 Å². The minimum atomic E-state index is -4.13. The smallest absolute Gasteiger partial charge is 0.264 e. The van der Waals surface area contributed by atoms with Crippen LogP contribution in [0.15, 0.2) is 77.7 Å². The summed E-state index contributed by atoms with van der Waals surface area (Å²) in [6.45, 7) is 3.75. The molecular weight excluding hydrogens is 427 g/mol. The molecule has 168 valence electrons. The molecule has 0 atom stereocenters. The average molecular weight is 455 g/mol. The first-order valence-electron chi connectivity index (χ1n) is 10.4. The molecule has 0 spiro atoms. The van der Waals surface area contributed by atoms with Gasteiger partial charge in [0.15, 0.2) is 0 Å². The molecule has 0 radical (unpaired) electrons. The van der Waals surface area contributed by atoms with Gasteiger partial charge in [0.25, 0.3) is 10.0 Å². The first-order valence-corrected chi connectivity index (χ1v) is 11.9. The van der Waals surface area contributed by atoms with Crippen molar-refractivity contribution in [3.8, 4) is 0 Å². The Bertz CT molecular complexity index is 1160. The van der Waals surface area contributed by atoms with Crippen LogP contribution in [0.1, 0.15) is 23.1 Å². The summed E-state index contributed by atoms with van der Waals surface area (Å²) in [5, 5.41) is 2.75. The topological polar surface area (TPSA) is 66.5 Å². The Labute approximate surface area is 188 Å². The monoisotopic (exact) mass is 454 g/mol. The Hall–Kier alpha value is -3.19. The van der Waals surface area contributed by atoms with Crippen molar-refractivity contribution in [1.29, 1.82) is 0 Å². The summed E-state index contributed by atoms with van der Waals surface area (Å²) in [5.41, 5.74) is 3.08. The molecule has 0 heterocycles. The molecule has 32 heavy (non-hydrogen) atoms. The van der Waals surface area contributed by atoms with E-state index in [-0.39, 0.29) is 10.6 Å². The zero-order chi connectivity index (χ0) is 23.1. The summed E-state index contributed by atoms with van der Waals surface area (Å²) in [6, 6.07) is 19.9. The molecule has 5 nitrogen and oxygen atoms in total. The van der Waals surface area contributed by atoms with Crippen molar-refractivity contribution in [2.45, 2.75) is 31.6 Å². The second-order valence-electron chi connectivity index (χ2n) is 7.72. The standard InChI is InChI=1S/C25H27FN2O3S/c1-19-9-13-21(14-10-19)6-5-17-27-25(29)18-28(24-8-4-3-7-23(24)26)32(30,31)22-15-11-20(2)12-16-22/h3-4,7-16H,5-6,17-18H2,1-2H3,(H,27,29). The Morgan fingerprint density at radius 1 is 0.906 bits per heavy atom. The maximum absolute atomic E-state index is 14.5. The van der Waals surface area contributed by atoms with Gasteiger partial charge in [-0.05, 0) is 56.5 Å². The predicted molar refractivity (Wildman–Crippen MR) is 125 cm³/mol. The number of amides is 1. The summed E-state index contributed by atoms with van der Waals surface area (Å²) in [7, 11) is -4.13. The maximum atomic E-state index is 14.5. The largest absolute Gasteiger partial charge is 0.355 e. The molecular formula is C25H27FN2O3S. The van der Waals surface area contributed by atoms with E-state index in [9.17, 15) is 17.6 Å². The second-order valence-corrected chi connectivity index (χ2v) is 9.58. The van der Waals surface area contributed by atoms with Crippen molar-refractivity contribution in [2.24, 2.45) is 0 Å². The molecule has 1 amide bonds. The lowest BCUT2D eigenvalue weighted by Crippen LogP contribution is -2.41. The van der Waals surface area contributed by atoms with Crippen LogP contribution in [0.4, 0.5) is 10.1 Å². The molecule has 0 unspecified atom stereocenters. The lowest BCUT2D eigenvalue weighted by Gasteiger charge is -2.24. The van der Waals surface area contributed by atoms with Crippen LogP contribution in [0.25, 0.3) is 0 Å². The maximum Gasteiger partial charge on any atom is 0.264 e. The summed E-state index contributed by atoms with van der Waals surface area (Å²) in [6.07, 6.45) is 1.50. The van der Waals surface area contributed by atoms with Gasteiger partial charge >= 0.3 is 0 Å². The van der Waals surface area contributed by atoms with Crippen molar-refractivity contribution >= 4 is 21.6 Å². The van der Waals surface area contributed by atoms with E-state index in [2.05, 4.69) is 5.32 Å². The number of carbonyl (C=O) groups is 1. The third-order valence-corrected chi connectivity index (χ3v) is 6.88. The van der Waals surface area contributed by atoms with Gasteiger partial charge in [0.2, 0.25) is 5.91 Å². The van der Waals surface area contributed by atoms with Gasteiger partial charge in [0.05, 0.1) is 10.6 Å². The van der Waals surface area contributed by atoms with Gasteiger partial charge in [-0.3, -0.25) is 9.10 Å². The first kappa shape index (κ1) is 23.5. The van der Waals surface area contributed by atoms with Gasteiger partial charge < -0.3 is 5.32 Å². The van der Waals surface area contributed by atoms with Crippen LogP contribution >= 0.6 is 0 Å². The Kier molecular flexibility index (Phi) is 7.64. The molecule has 0 aliphatic carbocycles. The van der Waals surface area contributed by atoms with Crippen LogP contribution in [0.5, 0.6) is 0 Å². The fourth-order valence-corrected chi connectivity index (χ4v) is 4.68. The molecule has 0 fully saturated rings. The van der Waals surface area contributed by atoms with E-state index in [0.29, 0.717) is 13.0 Å². The number of sulfonamides is 1. The van der Waals surface area contributed by atoms with Gasteiger partial charge in [0, 0.05) is 6.54 Å². The summed E-state index contributed by atoms with van der Waals surface area (Å²) in [5.74, 6) is -1.21. The van der Waals surface area contributed by atoms with Crippen LogP contribution in [0.3, 0.4) is 0 Å². The number of carbonyl (C=O) groups excluding carboxylic acids is 1. The number of nitrogens with zero attached hydrogens (tertiary/aromatic N) is 1. The number of benzene rings is 3. The molecule has 0 aliphatic heterocycles. The van der Waals surface area contributed by atoms with Crippen LogP contribution < -0.4 is 9.62 Å². The third kappa shape index (κ3) is 5.95. The number of hydrogen-bond acceptors (Lipinski definition) is 3. The molecule has 3 aromatic carbocycles. The number of halogens is 1. The predicted octanol–water partition coefficient (Wildman–Crippen LogP) is 4.39. The molecule has 0 bridgehead atoms. The lowest BCUT2D eigenvalue weighted by molar-refractivity contribution is -0.119. The van der Waals surface area contributed by atoms with E-state index in [1.165, 1.54) is 47.5 Å². The Morgan fingerprint density at radius 2 is 1.50 bits per heavy atom. The first-order chi connectivity index (χ1) is 15.3. The lowest BCUT2D eigenvalue weighted by atomic mass is 10.1. The van der Waals surface area contributed by atoms with Crippen LogP contribution in [-0.2, 0) is 21.2 Å². The molecule has 0 aliphatic rings. The minimum absolute atomic E-state index is 0.00137. The molecule has 3 rings (SSSR count). The molecule has 7 heteroatoms. The molecule has 0 aromatic heterocycles. The average Bonchev–Trinajstić information content (AvgIpc) is 2.77. The minimum Gasteiger partial charge on any atom is -0.355 e. The highest BCUT2D eigenvalue weighted by Crippen LogP contribution is 2.26. The van der Waals surface area contributed by atoms with Gasteiger partial charge in [0.1, 0.15) is 12.4 Å². The van der Waals surface area contributed by atoms with Crippen LogP contribution in [-0.4, -0.2) is 27.4 Å². The number of rotatable bonds is 9. The highest BCUT2D eigenvalue weighted by Gasteiger charge is 2.29. The molecule has 3 aromatic rings. The van der Waals surface area contributed by atoms with E-state index in [1.807, 2.05) is 38.1 Å². The zero-order valence-electron chi connectivity index (χ0n) is 18.2. The van der Waals surface area contributed by atoms with Crippen LogP contribution in [0, 0.1) is 19.7 Å². The number of hydrogen-bond donors (Lipinski definition) is 1. The normalized spacial score (nSPS) is 11.2. The van der Waals surface area contributed by atoms with Crippen molar-refractivity contribution < 1.29 is 17.6 Å². The van der Waals surface area contributed by atoms with Crippen LogP contribution in [0.2, 0.25) is 0 Å². The quantitative estimate of drug-likeness (QED) is 0.488. The fraction of sp³-hybridized carbons (Fsp3) is 0.240. The van der Waals surface area contributed by atoms with E-state index < -0.39 is 28.3 Å². The Balaban J connectivity index is 1.71. The second kappa shape index (κ2) is 10.4. The molecule has 1 N–H and O–H groups in total. The van der Waals surface area contributed by atoms with Crippen molar-refractivity contribution in [1.82, 2.24) is 5.32 Å². The fourth-order valence-electron chi connectivity index (χ4n) is 3.25. The molecule has 0 saturated heterocycles. The van der Waals surface area contributed by atoms with E-state index in [1.54, 1.807) is 12.1 Å². The van der Waals surface area contributed by atoms with E-state index in [4.69, 9.17) is 0 Å². The molecule has 0 saturated carbocycles. The highest BCUT2D eigenvalue weighted by atomic mass is 32.2. The summed E-state index contributed by atoms with van der Waals surface area (Å²) < 4.78 is 41.8. The summed E-state index contributed by atoms with van der Waals surface area (Å²) in [4.78, 5) is 12.6. The zero-order valence-corrected chi connectivity index (χ0v) is 19.0. The number of nitrogens with one attached hydrogen (secondary N) is 1. The van der Waals surface area contributed by atoms with Crippen molar-refractivity contribution in [3.63, 3.8) is 0 Å². The van der Waals surface area contributed by atoms with Crippen molar-refractivity contribution in [3.05, 3.63) is 95.3 Å². The van der Waals surface area contributed by atoms with Gasteiger partial charge in [-0.25, -0.2) is 12.8 Å². The van der Waals surface area contributed by atoms with E-state index in [0.717, 1.165) is 16.3 Å². The van der Waals surface area contributed by atoms with Gasteiger partial charge in [-0.1, -0.05) is 59.7 Å². The number of anilines is 1. The number of aryl methyl sites for hydroxylation is 3. The number of para-hydroxylation sites is 1. The SMILES string of the molecule is Cc1ccc(CCCNC(=O)CN(c2ccccc2F)S(=O)(=O)c2ccc(C)cc2)cc1. The van der Waals surface area contributed by atoms with Gasteiger partial charge in [-0.15, -0.1) is 0 Å².